The van der Waals surface area contributed by atoms with E-state index in [0.717, 1.165) is 0 Å². The van der Waals surface area contributed by atoms with Gasteiger partial charge in [0, 0.05) is 17.1 Å². The predicted octanol–water partition coefficient (Wildman–Crippen LogP) is -2.81. The molecular formula is C6H12FeO9. The van der Waals surface area contributed by atoms with E-state index in [1.165, 1.54) is 0 Å². The van der Waals surface area contributed by atoms with Gasteiger partial charge in [0.1, 0.15) is 19.8 Å². The summed E-state index contributed by atoms with van der Waals surface area (Å²) >= 11 is 0. The van der Waals surface area contributed by atoms with Crippen LogP contribution < -0.4 is 0 Å². The van der Waals surface area contributed by atoms with Crippen LogP contribution in [-0.4, -0.2) is 68.4 Å². The molecule has 0 aliphatic rings. The molecule has 0 aromatic carbocycles. The minimum atomic E-state index is -1.19. The molecule has 0 aromatic heterocycles. The molecule has 16 heavy (non-hydrogen) atoms. The molecule has 0 bridgehead atoms. The van der Waals surface area contributed by atoms with Crippen molar-refractivity contribution in [1.29, 1.82) is 0 Å². The topological polar surface area (TPSA) is 173 Å². The molecule has 0 unspecified atom stereocenters. The van der Waals surface area contributed by atoms with Crippen molar-refractivity contribution in [3.63, 3.8) is 0 Å². The third-order valence-electron chi connectivity index (χ3n) is 0.406. The minimum absolute atomic E-state index is 0. The molecule has 0 spiro atoms. The zero-order valence-corrected chi connectivity index (χ0v) is 8.99. The maximum Gasteiger partial charge on any atom is 0.329 e. The summed E-state index contributed by atoms with van der Waals surface area (Å²) in [5.74, 6) is -3.57. The second-order valence-corrected chi connectivity index (χ2v) is 1.66. The number of rotatable bonds is 3. The molecule has 0 radical (unpaired) electrons. The molecule has 0 saturated heterocycles. The van der Waals surface area contributed by atoms with E-state index in [1.807, 2.05) is 0 Å². The second kappa shape index (κ2) is 19.4. The Kier molecular flexibility index (Phi) is 29.3. The Morgan fingerprint density at radius 3 is 0.688 bits per heavy atom. The maximum atomic E-state index is 9.12. The van der Waals surface area contributed by atoms with E-state index >= 15 is 0 Å². The van der Waals surface area contributed by atoms with Crippen LogP contribution in [0.3, 0.4) is 0 Å². The standard InChI is InChI=1S/3C2H4O3.Fe/c3*3-1-2(4)5;/h3*3H,1H2,(H,4,5);. The van der Waals surface area contributed by atoms with Gasteiger partial charge in [0.2, 0.25) is 0 Å². The summed E-state index contributed by atoms with van der Waals surface area (Å²) in [6, 6.07) is 0. The van der Waals surface area contributed by atoms with Crippen LogP contribution >= 0.6 is 0 Å². The van der Waals surface area contributed by atoms with Crippen LogP contribution in [0.1, 0.15) is 0 Å². The fraction of sp³-hybridized carbons (Fsp3) is 0.500. The smallest absolute Gasteiger partial charge is 0.329 e. The molecule has 0 fully saturated rings. The molecule has 98 valence electrons. The summed E-state index contributed by atoms with van der Waals surface area (Å²) in [4.78, 5) is 27.4. The molecule has 0 aromatic rings. The van der Waals surface area contributed by atoms with Crippen molar-refractivity contribution in [3.05, 3.63) is 0 Å². The number of hydrogen-bond donors (Lipinski definition) is 6. The second-order valence-electron chi connectivity index (χ2n) is 1.66. The first-order valence-corrected chi connectivity index (χ1v) is 3.29. The van der Waals surface area contributed by atoms with E-state index in [-0.39, 0.29) is 17.1 Å². The van der Waals surface area contributed by atoms with Crippen LogP contribution in [0.4, 0.5) is 0 Å². The van der Waals surface area contributed by atoms with Crippen molar-refractivity contribution in [1.82, 2.24) is 0 Å². The molecule has 6 N–H and O–H groups in total. The van der Waals surface area contributed by atoms with Crippen molar-refractivity contribution in [2.45, 2.75) is 0 Å². The van der Waals surface area contributed by atoms with Crippen LogP contribution in [-0.2, 0) is 31.5 Å². The zero-order chi connectivity index (χ0) is 12.9. The third kappa shape index (κ3) is 77.2. The summed E-state index contributed by atoms with van der Waals surface area (Å²) in [5.41, 5.74) is 0. The number of carbonyl (C=O) groups is 3. The third-order valence-corrected chi connectivity index (χ3v) is 0.406. The fourth-order valence-electron chi connectivity index (χ4n) is 0. The average Bonchev–Trinajstić information content (AvgIpc) is 2.19. The van der Waals surface area contributed by atoms with E-state index in [2.05, 4.69) is 0 Å². The van der Waals surface area contributed by atoms with Gasteiger partial charge in [0.15, 0.2) is 0 Å². The molecule has 0 aliphatic carbocycles. The molecule has 10 heteroatoms. The van der Waals surface area contributed by atoms with Crippen molar-refractivity contribution < 1.29 is 62.1 Å². The first-order chi connectivity index (χ1) is 6.81. The average molecular weight is 284 g/mol. The molecule has 0 amide bonds. The quantitative estimate of drug-likeness (QED) is 0.299. The van der Waals surface area contributed by atoms with Gasteiger partial charge >= 0.3 is 17.9 Å². The minimum Gasteiger partial charge on any atom is -0.480 e. The SMILES string of the molecule is O=C(O)CO.O=C(O)CO.O=C(O)CO.[Fe]. The normalized spacial score (nSPS) is 6.94. The summed E-state index contributed by atoms with van der Waals surface area (Å²) in [5, 5.41) is 45.0. The number of aliphatic hydroxyl groups excluding tert-OH is 3. The molecule has 0 rings (SSSR count). The molecular weight excluding hydrogens is 272 g/mol. The largest absolute Gasteiger partial charge is 0.480 e. The van der Waals surface area contributed by atoms with E-state index in [9.17, 15) is 0 Å². The Hall–Kier alpha value is -1.19. The van der Waals surface area contributed by atoms with Gasteiger partial charge in [-0.1, -0.05) is 0 Å². The molecule has 0 atom stereocenters. The van der Waals surface area contributed by atoms with Crippen LogP contribution in [0.2, 0.25) is 0 Å². The monoisotopic (exact) mass is 284 g/mol. The van der Waals surface area contributed by atoms with Crippen molar-refractivity contribution >= 4 is 17.9 Å². The van der Waals surface area contributed by atoms with Gasteiger partial charge in [-0.15, -0.1) is 0 Å². The first kappa shape index (κ1) is 24.2. The van der Waals surface area contributed by atoms with Gasteiger partial charge in [-0.05, 0) is 0 Å². The van der Waals surface area contributed by atoms with Crippen molar-refractivity contribution in [2.75, 3.05) is 19.8 Å². The van der Waals surface area contributed by atoms with Crippen molar-refractivity contribution in [2.24, 2.45) is 0 Å². The Morgan fingerprint density at radius 1 is 0.625 bits per heavy atom. The summed E-state index contributed by atoms with van der Waals surface area (Å²) in [6.07, 6.45) is 0. The molecule has 0 saturated carbocycles. The van der Waals surface area contributed by atoms with Crippen molar-refractivity contribution in [3.8, 4) is 0 Å². The van der Waals surface area contributed by atoms with Gasteiger partial charge in [-0.25, -0.2) is 14.4 Å². The number of aliphatic carboxylic acids is 3. The van der Waals surface area contributed by atoms with E-state index in [1.54, 1.807) is 0 Å². The number of carboxylic acids is 3. The number of carboxylic acid groups (broad SMARTS) is 3. The zero-order valence-electron chi connectivity index (χ0n) is 7.88. The van der Waals surface area contributed by atoms with Gasteiger partial charge < -0.3 is 30.6 Å². The van der Waals surface area contributed by atoms with Gasteiger partial charge in [-0.3, -0.25) is 0 Å². The summed E-state index contributed by atoms with van der Waals surface area (Å²) in [6.45, 7) is -2.33. The summed E-state index contributed by atoms with van der Waals surface area (Å²) in [7, 11) is 0. The molecule has 0 aliphatic heterocycles. The van der Waals surface area contributed by atoms with Crippen LogP contribution in [0, 0.1) is 0 Å². The van der Waals surface area contributed by atoms with Gasteiger partial charge in [0.05, 0.1) is 0 Å². The Morgan fingerprint density at radius 2 is 0.688 bits per heavy atom. The van der Waals surface area contributed by atoms with E-state index < -0.39 is 37.7 Å². The van der Waals surface area contributed by atoms with E-state index in [4.69, 9.17) is 45.0 Å². The van der Waals surface area contributed by atoms with Gasteiger partial charge in [0.25, 0.3) is 0 Å². The van der Waals surface area contributed by atoms with Gasteiger partial charge in [-0.2, -0.15) is 0 Å². The Balaban J connectivity index is -0.0000000655. The van der Waals surface area contributed by atoms with Crippen LogP contribution in [0.25, 0.3) is 0 Å². The number of hydrogen-bond acceptors (Lipinski definition) is 6. The first-order valence-electron chi connectivity index (χ1n) is 3.29. The fourth-order valence-corrected chi connectivity index (χ4v) is 0. The summed E-state index contributed by atoms with van der Waals surface area (Å²) < 4.78 is 0. The maximum absolute atomic E-state index is 9.12. The van der Waals surface area contributed by atoms with E-state index in [0.29, 0.717) is 0 Å². The van der Waals surface area contributed by atoms with Crippen LogP contribution in [0.5, 0.6) is 0 Å². The Labute approximate surface area is 100 Å². The molecule has 9 nitrogen and oxygen atoms in total. The predicted molar refractivity (Wildman–Crippen MR) is 44.2 cm³/mol. The number of aliphatic hydroxyl groups is 3. The van der Waals surface area contributed by atoms with Crippen LogP contribution in [0.15, 0.2) is 0 Å². The Bertz CT molecular complexity index is 159. The molecule has 0 heterocycles.